The van der Waals surface area contributed by atoms with E-state index in [-0.39, 0.29) is 5.41 Å². The molecule has 1 aromatic rings. The molecule has 18 heavy (non-hydrogen) atoms. The lowest BCUT2D eigenvalue weighted by atomic mass is 9.57. The second-order valence-corrected chi connectivity index (χ2v) is 5.75. The van der Waals surface area contributed by atoms with Crippen LogP contribution in [-0.2, 0) is 4.79 Å². The average molecular weight is 244 g/mol. The first-order chi connectivity index (χ1) is 8.73. The topological polar surface area (TPSA) is 26.3 Å². The Bertz CT molecular complexity index is 439. The van der Waals surface area contributed by atoms with Crippen LogP contribution >= 0.6 is 0 Å². The highest BCUT2D eigenvalue weighted by molar-refractivity contribution is 5.90. The minimum absolute atomic E-state index is 0.100. The van der Waals surface area contributed by atoms with Crippen molar-refractivity contribution in [1.29, 1.82) is 0 Å². The van der Waals surface area contributed by atoms with Gasteiger partial charge < -0.3 is 4.74 Å². The molecule has 0 unspecified atom stereocenters. The van der Waals surface area contributed by atoms with E-state index >= 15 is 0 Å². The van der Waals surface area contributed by atoms with E-state index in [1.807, 2.05) is 12.1 Å². The third-order valence-electron chi connectivity index (χ3n) is 4.95. The molecule has 2 nitrogen and oxygen atoms in total. The van der Waals surface area contributed by atoms with Crippen LogP contribution in [0.5, 0.6) is 5.75 Å². The van der Waals surface area contributed by atoms with E-state index in [1.54, 1.807) is 7.11 Å². The number of methoxy groups -OCH3 is 1. The summed E-state index contributed by atoms with van der Waals surface area (Å²) in [7, 11) is 1.70. The van der Waals surface area contributed by atoms with Crippen molar-refractivity contribution in [1.82, 2.24) is 0 Å². The number of hydrogen-bond donors (Lipinski definition) is 0. The number of carbonyl (C=O) groups is 1. The van der Waals surface area contributed by atoms with Crippen LogP contribution in [0.25, 0.3) is 0 Å². The van der Waals surface area contributed by atoms with Gasteiger partial charge in [-0.3, -0.25) is 4.79 Å². The van der Waals surface area contributed by atoms with Gasteiger partial charge in [-0.15, -0.1) is 0 Å². The summed E-state index contributed by atoms with van der Waals surface area (Å²) in [6.45, 7) is 0. The maximum absolute atomic E-state index is 11.7. The maximum atomic E-state index is 11.7. The molecule has 0 atom stereocenters. The first-order valence-electron chi connectivity index (χ1n) is 6.91. The normalized spacial score (nSPS) is 31.2. The fourth-order valence-electron chi connectivity index (χ4n) is 3.49. The number of ether oxygens (including phenoxy) is 1. The molecule has 3 rings (SSSR count). The highest BCUT2D eigenvalue weighted by Gasteiger charge is 2.47. The summed E-state index contributed by atoms with van der Waals surface area (Å²) < 4.78 is 5.19. The summed E-state index contributed by atoms with van der Waals surface area (Å²) in [4.78, 5) is 11.7. The van der Waals surface area contributed by atoms with Crippen molar-refractivity contribution < 1.29 is 9.53 Å². The van der Waals surface area contributed by atoms with Crippen molar-refractivity contribution in [3.63, 3.8) is 0 Å². The van der Waals surface area contributed by atoms with Crippen LogP contribution in [0.15, 0.2) is 24.3 Å². The molecule has 0 saturated heterocycles. The van der Waals surface area contributed by atoms with Gasteiger partial charge in [0.05, 0.1) is 7.11 Å². The first kappa shape index (κ1) is 11.8. The van der Waals surface area contributed by atoms with Crippen molar-refractivity contribution in [3.8, 4) is 5.75 Å². The molecule has 2 aliphatic rings. The van der Waals surface area contributed by atoms with Crippen LogP contribution in [0.3, 0.4) is 0 Å². The van der Waals surface area contributed by atoms with Crippen molar-refractivity contribution in [2.45, 2.75) is 44.4 Å². The standard InChI is InChI=1S/C16H20O2/c1-18-14-4-2-12(3-5-14)13-6-9-16(10-7-13)11-8-15(16)17/h2-5,13H,6-11H2,1H3. The molecule has 0 amide bonds. The Labute approximate surface area is 108 Å². The Morgan fingerprint density at radius 1 is 1.11 bits per heavy atom. The van der Waals surface area contributed by atoms with Crippen LogP contribution in [-0.4, -0.2) is 12.9 Å². The molecular weight excluding hydrogens is 224 g/mol. The zero-order valence-electron chi connectivity index (χ0n) is 10.9. The van der Waals surface area contributed by atoms with Crippen molar-refractivity contribution in [2.24, 2.45) is 5.41 Å². The van der Waals surface area contributed by atoms with E-state index in [0.717, 1.165) is 44.3 Å². The zero-order chi connectivity index (χ0) is 12.6. The van der Waals surface area contributed by atoms with Gasteiger partial charge >= 0.3 is 0 Å². The van der Waals surface area contributed by atoms with Crippen molar-refractivity contribution >= 4 is 5.78 Å². The average Bonchev–Trinajstić information content (AvgIpc) is 2.46. The fraction of sp³-hybridized carbons (Fsp3) is 0.562. The Kier molecular flexibility index (Phi) is 2.89. The number of rotatable bonds is 2. The molecule has 0 aliphatic heterocycles. The van der Waals surface area contributed by atoms with Crippen LogP contribution in [0.2, 0.25) is 0 Å². The fourth-order valence-corrected chi connectivity index (χ4v) is 3.49. The van der Waals surface area contributed by atoms with Crippen LogP contribution in [0, 0.1) is 5.41 Å². The van der Waals surface area contributed by atoms with Crippen molar-refractivity contribution in [3.05, 3.63) is 29.8 Å². The van der Waals surface area contributed by atoms with Gasteiger partial charge in [0.1, 0.15) is 11.5 Å². The van der Waals surface area contributed by atoms with Crippen LogP contribution in [0.1, 0.15) is 50.0 Å². The van der Waals surface area contributed by atoms with Gasteiger partial charge in [0, 0.05) is 11.8 Å². The lowest BCUT2D eigenvalue weighted by molar-refractivity contribution is -0.141. The summed E-state index contributed by atoms with van der Waals surface area (Å²) in [6.07, 6.45) is 6.50. The van der Waals surface area contributed by atoms with Crippen molar-refractivity contribution in [2.75, 3.05) is 7.11 Å². The van der Waals surface area contributed by atoms with Gasteiger partial charge in [-0.05, 0) is 55.7 Å². The summed E-state index contributed by atoms with van der Waals surface area (Å²) in [5.41, 5.74) is 1.50. The summed E-state index contributed by atoms with van der Waals surface area (Å²) in [5.74, 6) is 2.07. The highest BCUT2D eigenvalue weighted by atomic mass is 16.5. The van der Waals surface area contributed by atoms with Gasteiger partial charge in [0.2, 0.25) is 0 Å². The molecule has 2 heteroatoms. The summed E-state index contributed by atoms with van der Waals surface area (Å²) in [6, 6.07) is 8.41. The molecule has 2 aliphatic carbocycles. The maximum Gasteiger partial charge on any atom is 0.139 e. The Morgan fingerprint density at radius 3 is 2.22 bits per heavy atom. The molecule has 0 aromatic heterocycles. The van der Waals surface area contributed by atoms with Gasteiger partial charge in [0.25, 0.3) is 0 Å². The number of ketones is 1. The zero-order valence-corrected chi connectivity index (χ0v) is 10.9. The molecule has 0 N–H and O–H groups in total. The molecule has 0 heterocycles. The lowest BCUT2D eigenvalue weighted by Gasteiger charge is -2.45. The van der Waals surface area contributed by atoms with Gasteiger partial charge in [-0.25, -0.2) is 0 Å². The molecule has 0 radical (unpaired) electrons. The van der Waals surface area contributed by atoms with Gasteiger partial charge in [-0.2, -0.15) is 0 Å². The van der Waals surface area contributed by atoms with E-state index in [0.29, 0.717) is 11.7 Å². The quantitative estimate of drug-likeness (QED) is 0.793. The largest absolute Gasteiger partial charge is 0.497 e. The SMILES string of the molecule is COc1ccc(C2CCC3(CCC3=O)CC2)cc1. The lowest BCUT2D eigenvalue weighted by Crippen LogP contribution is -2.43. The second kappa shape index (κ2) is 4.42. The van der Waals surface area contributed by atoms with Gasteiger partial charge in [-0.1, -0.05) is 12.1 Å². The van der Waals surface area contributed by atoms with Gasteiger partial charge in [0.15, 0.2) is 0 Å². The molecule has 96 valence electrons. The van der Waals surface area contributed by atoms with E-state index in [1.165, 1.54) is 5.56 Å². The van der Waals surface area contributed by atoms with Crippen LogP contribution in [0.4, 0.5) is 0 Å². The monoisotopic (exact) mass is 244 g/mol. The van der Waals surface area contributed by atoms with E-state index in [2.05, 4.69) is 12.1 Å². The molecule has 1 aromatic carbocycles. The minimum Gasteiger partial charge on any atom is -0.497 e. The molecular formula is C16H20O2. The molecule has 2 saturated carbocycles. The predicted molar refractivity (Wildman–Crippen MR) is 70.9 cm³/mol. The Balaban J connectivity index is 1.66. The third-order valence-corrected chi connectivity index (χ3v) is 4.95. The summed E-state index contributed by atoms with van der Waals surface area (Å²) in [5, 5.41) is 0. The van der Waals surface area contributed by atoms with E-state index < -0.39 is 0 Å². The molecule has 1 spiro atoms. The first-order valence-corrected chi connectivity index (χ1v) is 6.91. The Hall–Kier alpha value is -1.31. The second-order valence-electron chi connectivity index (χ2n) is 5.75. The van der Waals surface area contributed by atoms with Crippen LogP contribution < -0.4 is 4.74 Å². The van der Waals surface area contributed by atoms with E-state index in [9.17, 15) is 4.79 Å². The number of carbonyl (C=O) groups excluding carboxylic acids is 1. The number of hydrogen-bond acceptors (Lipinski definition) is 2. The molecule has 0 bridgehead atoms. The smallest absolute Gasteiger partial charge is 0.139 e. The predicted octanol–water partition coefficient (Wildman–Crippen LogP) is 3.70. The minimum atomic E-state index is 0.100. The Morgan fingerprint density at radius 2 is 1.78 bits per heavy atom. The highest BCUT2D eigenvalue weighted by Crippen LogP contribution is 2.52. The van der Waals surface area contributed by atoms with E-state index in [4.69, 9.17) is 4.74 Å². The summed E-state index contributed by atoms with van der Waals surface area (Å²) >= 11 is 0. The number of Topliss-reactive ketones (excluding diaryl/α,β-unsaturated/α-hetero) is 1. The molecule has 2 fully saturated rings. The third kappa shape index (κ3) is 1.84. The number of benzene rings is 1.